The van der Waals surface area contributed by atoms with Gasteiger partial charge in [0, 0.05) is 16.7 Å². The molecule has 4 nitrogen and oxygen atoms in total. The van der Waals surface area contributed by atoms with E-state index in [0.29, 0.717) is 23.0 Å². The first-order valence-corrected chi connectivity index (χ1v) is 23.2. The van der Waals surface area contributed by atoms with E-state index in [1.165, 1.54) is 22.3 Å². The minimum absolute atomic E-state index is 0.582. The van der Waals surface area contributed by atoms with Crippen LogP contribution in [0.4, 0.5) is 0 Å². The molecule has 0 N–H and O–H groups in total. The van der Waals surface area contributed by atoms with Gasteiger partial charge < -0.3 is 0 Å². The highest BCUT2D eigenvalue weighted by molar-refractivity contribution is 5.90. The molecular formula is C65H42N4. The maximum absolute atomic E-state index is 10.1. The van der Waals surface area contributed by atoms with Crippen molar-refractivity contribution in [2.24, 2.45) is 0 Å². The molecule has 0 atom stereocenters. The predicted molar refractivity (Wildman–Crippen MR) is 280 cm³/mol. The molecule has 1 aliphatic rings. The van der Waals surface area contributed by atoms with Gasteiger partial charge in [-0.2, -0.15) is 5.26 Å². The first-order valence-electron chi connectivity index (χ1n) is 23.2. The summed E-state index contributed by atoms with van der Waals surface area (Å²) in [5.41, 5.74) is 18.7. The van der Waals surface area contributed by atoms with Gasteiger partial charge in [-0.1, -0.05) is 224 Å². The SMILES string of the molecule is N#Cc1ccc2c(c1)C(c1ccccc1)(c1ccccc1)c1ccc(-c3cccc(-c4ccc(-c5nc(-c6ccc(-c7ccccc7)cc6)nc(-c6cccc(-c7ccccc7)c6)n5)cc4)c3)cc1-2. The first-order chi connectivity index (χ1) is 34.1. The van der Waals surface area contributed by atoms with Gasteiger partial charge in [0.15, 0.2) is 17.5 Å². The summed E-state index contributed by atoms with van der Waals surface area (Å²) < 4.78 is 0. The van der Waals surface area contributed by atoms with E-state index in [1.54, 1.807) is 0 Å². The lowest BCUT2D eigenvalue weighted by Gasteiger charge is -2.34. The average Bonchev–Trinajstić information content (AvgIpc) is 3.73. The third-order valence-electron chi connectivity index (χ3n) is 13.5. The van der Waals surface area contributed by atoms with Crippen LogP contribution in [-0.2, 0) is 5.41 Å². The molecule has 69 heavy (non-hydrogen) atoms. The van der Waals surface area contributed by atoms with Crippen molar-refractivity contribution >= 4 is 0 Å². The van der Waals surface area contributed by atoms with Gasteiger partial charge in [-0.25, -0.2) is 15.0 Å². The van der Waals surface area contributed by atoms with Crippen molar-refractivity contribution in [2.75, 3.05) is 0 Å². The second-order valence-electron chi connectivity index (χ2n) is 17.5. The number of hydrogen-bond donors (Lipinski definition) is 0. The number of aromatic nitrogens is 3. The van der Waals surface area contributed by atoms with E-state index in [1.807, 2.05) is 18.2 Å². The molecule has 0 bridgehead atoms. The van der Waals surface area contributed by atoms with E-state index < -0.39 is 5.41 Å². The lowest BCUT2D eigenvalue weighted by Crippen LogP contribution is -2.28. The van der Waals surface area contributed by atoms with Crippen LogP contribution in [0.25, 0.3) is 89.8 Å². The fourth-order valence-electron chi connectivity index (χ4n) is 10.1. The Hall–Kier alpha value is -9.30. The van der Waals surface area contributed by atoms with Gasteiger partial charge in [0.25, 0.3) is 0 Å². The molecule has 12 rings (SSSR count). The number of hydrogen-bond acceptors (Lipinski definition) is 4. The van der Waals surface area contributed by atoms with Crippen molar-refractivity contribution in [1.29, 1.82) is 5.26 Å². The van der Waals surface area contributed by atoms with E-state index in [4.69, 9.17) is 15.0 Å². The predicted octanol–water partition coefficient (Wildman–Crippen LogP) is 15.8. The number of nitriles is 1. The Labute approximate surface area is 402 Å². The van der Waals surface area contributed by atoms with Gasteiger partial charge in [-0.3, -0.25) is 0 Å². The fourth-order valence-corrected chi connectivity index (χ4v) is 10.1. The van der Waals surface area contributed by atoms with Gasteiger partial charge in [-0.15, -0.1) is 0 Å². The topological polar surface area (TPSA) is 62.5 Å². The number of nitrogens with zero attached hydrogens (tertiary/aromatic N) is 4. The van der Waals surface area contributed by atoms with E-state index in [0.717, 1.165) is 72.3 Å². The largest absolute Gasteiger partial charge is 0.208 e. The molecule has 0 fully saturated rings. The zero-order valence-electron chi connectivity index (χ0n) is 37.5. The highest BCUT2D eigenvalue weighted by Crippen LogP contribution is 2.57. The molecule has 0 amide bonds. The maximum Gasteiger partial charge on any atom is 0.164 e. The van der Waals surface area contributed by atoms with E-state index >= 15 is 0 Å². The Morgan fingerprint density at radius 3 is 1.19 bits per heavy atom. The van der Waals surface area contributed by atoms with Gasteiger partial charge in [0.2, 0.25) is 0 Å². The van der Waals surface area contributed by atoms with Crippen LogP contribution in [0.1, 0.15) is 27.8 Å². The lowest BCUT2D eigenvalue weighted by atomic mass is 9.67. The van der Waals surface area contributed by atoms with Crippen molar-refractivity contribution < 1.29 is 0 Å². The first kappa shape index (κ1) is 41.2. The van der Waals surface area contributed by atoms with Crippen molar-refractivity contribution in [3.8, 4) is 95.9 Å². The molecule has 0 aliphatic heterocycles. The van der Waals surface area contributed by atoms with Crippen LogP contribution in [0.2, 0.25) is 0 Å². The molecule has 1 aliphatic carbocycles. The third kappa shape index (κ3) is 7.49. The van der Waals surface area contributed by atoms with Crippen LogP contribution < -0.4 is 0 Å². The molecule has 0 saturated heterocycles. The highest BCUT2D eigenvalue weighted by atomic mass is 15.0. The second kappa shape index (κ2) is 17.5. The zero-order valence-corrected chi connectivity index (χ0v) is 37.5. The molecule has 4 heteroatoms. The number of fused-ring (bicyclic) bond motifs is 3. The lowest BCUT2D eigenvalue weighted by molar-refractivity contribution is 0.768. The Morgan fingerprint density at radius 2 is 0.652 bits per heavy atom. The minimum atomic E-state index is -0.582. The standard InChI is InChI=1S/C65H42N4/c66-43-44-27-37-58-59-42-54(36-38-60(59)65(61(58)39-44,56-23-9-3-10-24-56)57-25-11-4-12-26-57)53-21-13-19-51(40-53)48-30-34-50(35-31-48)63-67-62(49-32-28-47(29-33-49)45-15-5-1-6-16-45)68-64(69-63)55-22-14-20-52(41-55)46-17-7-2-8-18-46/h1-42H. The van der Waals surface area contributed by atoms with Crippen LogP contribution in [0.5, 0.6) is 0 Å². The van der Waals surface area contributed by atoms with Crippen molar-refractivity contribution in [1.82, 2.24) is 15.0 Å². The van der Waals surface area contributed by atoms with E-state index in [-0.39, 0.29) is 0 Å². The molecule has 11 aromatic rings. The van der Waals surface area contributed by atoms with Crippen LogP contribution in [0.15, 0.2) is 255 Å². The van der Waals surface area contributed by atoms with E-state index in [2.05, 4.69) is 243 Å². The highest BCUT2D eigenvalue weighted by Gasteiger charge is 2.46. The minimum Gasteiger partial charge on any atom is -0.208 e. The number of rotatable bonds is 9. The molecule has 0 saturated carbocycles. The normalized spacial score (nSPS) is 12.2. The van der Waals surface area contributed by atoms with Crippen molar-refractivity contribution in [3.05, 3.63) is 283 Å². The van der Waals surface area contributed by atoms with Crippen molar-refractivity contribution in [2.45, 2.75) is 5.41 Å². The summed E-state index contributed by atoms with van der Waals surface area (Å²) >= 11 is 0. The Kier molecular flexibility index (Phi) is 10.4. The molecule has 1 aromatic heterocycles. The quantitative estimate of drug-likeness (QED) is 0.145. The summed E-state index contributed by atoms with van der Waals surface area (Å²) in [4.78, 5) is 15.3. The van der Waals surface area contributed by atoms with Crippen LogP contribution in [0, 0.1) is 11.3 Å². The molecule has 0 unspecified atom stereocenters. The summed E-state index contributed by atoms with van der Waals surface area (Å²) in [6.45, 7) is 0. The fraction of sp³-hybridized carbons (Fsp3) is 0.0154. The van der Waals surface area contributed by atoms with E-state index in [9.17, 15) is 5.26 Å². The Bertz CT molecular complexity index is 3650. The second-order valence-corrected chi connectivity index (χ2v) is 17.5. The Morgan fingerprint density at radius 1 is 0.275 bits per heavy atom. The van der Waals surface area contributed by atoms with Crippen LogP contribution in [0.3, 0.4) is 0 Å². The molecule has 0 radical (unpaired) electrons. The molecule has 322 valence electrons. The van der Waals surface area contributed by atoms with Gasteiger partial charge in [0.05, 0.1) is 17.0 Å². The maximum atomic E-state index is 10.1. The zero-order chi connectivity index (χ0) is 46.2. The van der Waals surface area contributed by atoms with Crippen molar-refractivity contribution in [3.63, 3.8) is 0 Å². The molecule has 1 heterocycles. The smallest absolute Gasteiger partial charge is 0.164 e. The summed E-state index contributed by atoms with van der Waals surface area (Å²) in [5.74, 6) is 1.84. The number of benzene rings is 10. The summed E-state index contributed by atoms with van der Waals surface area (Å²) in [6.07, 6.45) is 0. The summed E-state index contributed by atoms with van der Waals surface area (Å²) in [6, 6.07) is 91.7. The average molecular weight is 879 g/mol. The monoisotopic (exact) mass is 878 g/mol. The van der Waals surface area contributed by atoms with Gasteiger partial charge in [0.1, 0.15) is 0 Å². The third-order valence-corrected chi connectivity index (χ3v) is 13.5. The van der Waals surface area contributed by atoms with Crippen LogP contribution in [-0.4, -0.2) is 15.0 Å². The molecular weight excluding hydrogens is 837 g/mol. The Balaban J connectivity index is 0.909. The summed E-state index contributed by atoms with van der Waals surface area (Å²) in [5, 5.41) is 10.1. The van der Waals surface area contributed by atoms with Gasteiger partial charge >= 0.3 is 0 Å². The molecule has 0 spiro atoms. The molecule has 10 aromatic carbocycles. The van der Waals surface area contributed by atoms with Crippen LogP contribution >= 0.6 is 0 Å². The van der Waals surface area contributed by atoms with Gasteiger partial charge in [-0.05, 0) is 108 Å². The summed E-state index contributed by atoms with van der Waals surface area (Å²) in [7, 11) is 0.